The molecule has 0 aliphatic rings. The summed E-state index contributed by atoms with van der Waals surface area (Å²) < 4.78 is 0. The molecule has 50 valence electrons. The smallest absolute Gasteiger partial charge is 0.234 e. The van der Waals surface area contributed by atoms with Crippen molar-refractivity contribution in [3.05, 3.63) is 0 Å². The molecule has 0 aromatic carbocycles. The molecule has 8 heavy (non-hydrogen) atoms. The monoisotopic (exact) mass is 118 g/mol. The van der Waals surface area contributed by atoms with Crippen molar-refractivity contribution < 1.29 is 4.79 Å². The summed E-state index contributed by atoms with van der Waals surface area (Å²) >= 11 is 0. The normalized spacial score (nSPS) is 11.0. The van der Waals surface area contributed by atoms with Crippen LogP contribution >= 0.6 is 0 Å². The Morgan fingerprint density at radius 1 is 1.50 bits per heavy atom. The first-order valence-corrected chi connectivity index (χ1v) is 2.69. The van der Waals surface area contributed by atoms with E-state index in [4.69, 9.17) is 5.73 Å². The molecule has 0 aliphatic carbocycles. The van der Waals surface area contributed by atoms with Crippen LogP contribution in [-0.2, 0) is 4.79 Å². The SMILES string of the molecule is CC.CC(N)C(N)=O. The topological polar surface area (TPSA) is 69.1 Å². The van der Waals surface area contributed by atoms with Gasteiger partial charge in [0.1, 0.15) is 0 Å². The van der Waals surface area contributed by atoms with Gasteiger partial charge in [-0.2, -0.15) is 0 Å². The van der Waals surface area contributed by atoms with Gasteiger partial charge in [-0.3, -0.25) is 4.79 Å². The number of primary amides is 1. The Balaban J connectivity index is 0. The van der Waals surface area contributed by atoms with Crippen molar-refractivity contribution in [1.82, 2.24) is 0 Å². The largest absolute Gasteiger partial charge is 0.368 e. The number of hydrogen-bond donors (Lipinski definition) is 2. The molecule has 0 saturated carbocycles. The molecule has 0 radical (unpaired) electrons. The molecule has 0 rings (SSSR count). The molecule has 3 heteroatoms. The Kier molecular flexibility index (Phi) is 8.37. The summed E-state index contributed by atoms with van der Waals surface area (Å²) in [6.07, 6.45) is 0. The van der Waals surface area contributed by atoms with Crippen LogP contribution in [0.1, 0.15) is 20.8 Å². The lowest BCUT2D eigenvalue weighted by Crippen LogP contribution is -2.32. The van der Waals surface area contributed by atoms with Gasteiger partial charge in [-0.05, 0) is 6.92 Å². The Bertz CT molecular complexity index is 61.4. The van der Waals surface area contributed by atoms with Crippen molar-refractivity contribution in [2.75, 3.05) is 0 Å². The Labute approximate surface area is 50.0 Å². The van der Waals surface area contributed by atoms with Crippen LogP contribution in [0.15, 0.2) is 0 Å². The summed E-state index contributed by atoms with van der Waals surface area (Å²) in [6, 6.07) is -0.509. The predicted octanol–water partition coefficient (Wildman–Crippen LogP) is -0.155. The molecule has 1 amide bonds. The first kappa shape index (κ1) is 10.4. The zero-order valence-corrected chi connectivity index (χ0v) is 5.64. The van der Waals surface area contributed by atoms with Crippen molar-refractivity contribution in [2.24, 2.45) is 11.5 Å². The molecule has 0 aromatic rings. The second kappa shape index (κ2) is 6.43. The molecular formula is C5H14N2O. The lowest BCUT2D eigenvalue weighted by atomic mass is 10.4. The van der Waals surface area contributed by atoms with Crippen LogP contribution in [0.3, 0.4) is 0 Å². The Morgan fingerprint density at radius 2 is 1.62 bits per heavy atom. The van der Waals surface area contributed by atoms with Crippen molar-refractivity contribution in [2.45, 2.75) is 26.8 Å². The second-order valence-corrected chi connectivity index (χ2v) is 1.19. The van der Waals surface area contributed by atoms with E-state index in [2.05, 4.69) is 5.73 Å². The number of amides is 1. The zero-order chi connectivity index (χ0) is 7.15. The van der Waals surface area contributed by atoms with E-state index in [9.17, 15) is 4.79 Å². The van der Waals surface area contributed by atoms with Crippen molar-refractivity contribution in [3.63, 3.8) is 0 Å². The highest BCUT2D eigenvalue weighted by Crippen LogP contribution is 1.64. The third-order valence-corrected chi connectivity index (χ3v) is 0.449. The van der Waals surface area contributed by atoms with Crippen LogP contribution in [0.2, 0.25) is 0 Å². The summed E-state index contributed by atoms with van der Waals surface area (Å²) in [5.41, 5.74) is 9.63. The van der Waals surface area contributed by atoms with Gasteiger partial charge in [0, 0.05) is 0 Å². The quantitative estimate of drug-likeness (QED) is 0.502. The number of rotatable bonds is 1. The van der Waals surface area contributed by atoms with Crippen molar-refractivity contribution >= 4 is 5.91 Å². The van der Waals surface area contributed by atoms with Gasteiger partial charge in [0.2, 0.25) is 5.91 Å². The molecular weight excluding hydrogens is 104 g/mol. The highest BCUT2D eigenvalue weighted by atomic mass is 16.1. The molecule has 0 bridgehead atoms. The average Bonchev–Trinajstić information content (AvgIpc) is 1.72. The minimum Gasteiger partial charge on any atom is -0.368 e. The molecule has 0 spiro atoms. The van der Waals surface area contributed by atoms with Gasteiger partial charge in [0.05, 0.1) is 6.04 Å². The first-order chi connectivity index (χ1) is 3.64. The summed E-state index contributed by atoms with van der Waals surface area (Å²) in [6.45, 7) is 5.54. The molecule has 0 fully saturated rings. The van der Waals surface area contributed by atoms with Crippen LogP contribution in [0.5, 0.6) is 0 Å². The number of carbonyl (C=O) groups is 1. The van der Waals surface area contributed by atoms with Gasteiger partial charge in [0.15, 0.2) is 0 Å². The molecule has 0 saturated heterocycles. The third-order valence-electron chi connectivity index (χ3n) is 0.449. The van der Waals surface area contributed by atoms with Crippen LogP contribution in [0, 0.1) is 0 Å². The van der Waals surface area contributed by atoms with Gasteiger partial charge in [0.25, 0.3) is 0 Å². The van der Waals surface area contributed by atoms with Crippen LogP contribution in [-0.4, -0.2) is 11.9 Å². The maximum Gasteiger partial charge on any atom is 0.234 e. The van der Waals surface area contributed by atoms with E-state index in [1.807, 2.05) is 13.8 Å². The van der Waals surface area contributed by atoms with Gasteiger partial charge in [-0.15, -0.1) is 0 Å². The number of carbonyl (C=O) groups excluding carboxylic acids is 1. The summed E-state index contributed by atoms with van der Waals surface area (Å²) in [7, 11) is 0. The van der Waals surface area contributed by atoms with E-state index >= 15 is 0 Å². The van der Waals surface area contributed by atoms with Crippen molar-refractivity contribution in [1.29, 1.82) is 0 Å². The van der Waals surface area contributed by atoms with Gasteiger partial charge in [-0.25, -0.2) is 0 Å². The summed E-state index contributed by atoms with van der Waals surface area (Å²) in [5.74, 6) is -0.463. The van der Waals surface area contributed by atoms with Gasteiger partial charge in [-0.1, -0.05) is 13.8 Å². The maximum absolute atomic E-state index is 9.80. The molecule has 1 unspecified atom stereocenters. The summed E-state index contributed by atoms with van der Waals surface area (Å²) in [5, 5.41) is 0. The fraction of sp³-hybridized carbons (Fsp3) is 0.800. The highest BCUT2D eigenvalue weighted by Gasteiger charge is 1.96. The standard InChI is InChI=1S/C3H8N2O.C2H6/c1-2(4)3(5)6;1-2/h2H,4H2,1H3,(H2,5,6);1-2H3. The molecule has 0 aromatic heterocycles. The van der Waals surface area contributed by atoms with Gasteiger partial charge < -0.3 is 11.5 Å². The first-order valence-electron chi connectivity index (χ1n) is 2.69. The van der Waals surface area contributed by atoms with E-state index in [0.717, 1.165) is 0 Å². The Hall–Kier alpha value is -0.570. The van der Waals surface area contributed by atoms with E-state index < -0.39 is 11.9 Å². The van der Waals surface area contributed by atoms with Crippen molar-refractivity contribution in [3.8, 4) is 0 Å². The second-order valence-electron chi connectivity index (χ2n) is 1.19. The third kappa shape index (κ3) is 9.06. The summed E-state index contributed by atoms with van der Waals surface area (Å²) in [4.78, 5) is 9.80. The minimum atomic E-state index is -0.509. The average molecular weight is 118 g/mol. The zero-order valence-electron chi connectivity index (χ0n) is 5.64. The lowest BCUT2D eigenvalue weighted by Gasteiger charge is -1.91. The van der Waals surface area contributed by atoms with E-state index in [0.29, 0.717) is 0 Å². The van der Waals surface area contributed by atoms with Crippen LogP contribution in [0.25, 0.3) is 0 Å². The van der Waals surface area contributed by atoms with E-state index in [1.165, 1.54) is 0 Å². The number of hydrogen-bond acceptors (Lipinski definition) is 2. The van der Waals surface area contributed by atoms with Gasteiger partial charge >= 0.3 is 0 Å². The molecule has 4 N–H and O–H groups in total. The molecule has 3 nitrogen and oxygen atoms in total. The fourth-order valence-electron chi connectivity index (χ4n) is 0. The predicted molar refractivity (Wildman–Crippen MR) is 34.2 cm³/mol. The fourth-order valence-corrected chi connectivity index (χ4v) is 0. The highest BCUT2D eigenvalue weighted by molar-refractivity contribution is 5.78. The van der Waals surface area contributed by atoms with Crippen LogP contribution in [0.4, 0.5) is 0 Å². The molecule has 0 heterocycles. The maximum atomic E-state index is 9.80. The van der Waals surface area contributed by atoms with Crippen LogP contribution < -0.4 is 11.5 Å². The Morgan fingerprint density at radius 3 is 1.62 bits per heavy atom. The number of nitrogens with two attached hydrogens (primary N) is 2. The minimum absolute atomic E-state index is 0.463. The molecule has 1 atom stereocenters. The lowest BCUT2D eigenvalue weighted by molar-refractivity contribution is -0.118. The molecule has 0 aliphatic heterocycles. The van der Waals surface area contributed by atoms with E-state index in [-0.39, 0.29) is 0 Å². The van der Waals surface area contributed by atoms with E-state index in [1.54, 1.807) is 6.92 Å².